The molecule has 4 aromatic carbocycles. The second-order valence-corrected chi connectivity index (χ2v) is 10.0. The molecule has 0 bridgehead atoms. The van der Waals surface area contributed by atoms with E-state index in [1.807, 2.05) is 84.9 Å². The van der Waals surface area contributed by atoms with Gasteiger partial charge in [-0.15, -0.1) is 0 Å². The van der Waals surface area contributed by atoms with Gasteiger partial charge < -0.3 is 19.7 Å². The van der Waals surface area contributed by atoms with Crippen molar-refractivity contribution in [2.45, 2.75) is 25.5 Å². The molecule has 2 heterocycles. The average Bonchev–Trinajstić information content (AvgIpc) is 3.24. The fourth-order valence-corrected chi connectivity index (χ4v) is 5.90. The van der Waals surface area contributed by atoms with Crippen molar-refractivity contribution in [3.63, 3.8) is 0 Å². The van der Waals surface area contributed by atoms with Crippen molar-refractivity contribution < 1.29 is 14.3 Å². The van der Waals surface area contributed by atoms with Gasteiger partial charge in [0.05, 0.1) is 11.6 Å². The molecule has 2 aliphatic heterocycles. The molecule has 1 N–H and O–H groups in total. The summed E-state index contributed by atoms with van der Waals surface area (Å²) in [7, 11) is 0. The van der Waals surface area contributed by atoms with Crippen LogP contribution in [0.2, 0.25) is 5.02 Å². The lowest BCUT2D eigenvalue weighted by molar-refractivity contribution is 0.0224. The largest absolute Gasteiger partial charge is 0.456 e. The zero-order valence-corrected chi connectivity index (χ0v) is 22.2. The van der Waals surface area contributed by atoms with Crippen molar-refractivity contribution in [3.8, 4) is 11.5 Å². The Morgan fingerprint density at radius 3 is 2.32 bits per heavy atom. The normalized spacial score (nSPS) is 17.8. The van der Waals surface area contributed by atoms with Crippen LogP contribution in [-0.4, -0.2) is 30.5 Å². The van der Waals surface area contributed by atoms with Gasteiger partial charge in [-0.3, -0.25) is 0 Å². The number of nitrogens with one attached hydrogen (secondary N) is 1. The number of fused-ring (bicyclic) bond motifs is 6. The zero-order chi connectivity index (χ0) is 26.3. The number of benzene rings is 4. The highest BCUT2D eigenvalue weighted by Crippen LogP contribution is 2.56. The van der Waals surface area contributed by atoms with Crippen LogP contribution in [0.1, 0.15) is 52.5 Å². The Balaban J connectivity index is 1.48. The van der Waals surface area contributed by atoms with Crippen LogP contribution < -0.4 is 10.1 Å². The number of ether oxygens (including phenoxy) is 2. The number of carbonyl (C=O) groups is 1. The van der Waals surface area contributed by atoms with Gasteiger partial charge >= 0.3 is 5.97 Å². The molecule has 0 amide bonds. The molecule has 0 aliphatic carbocycles. The van der Waals surface area contributed by atoms with E-state index in [-0.39, 0.29) is 12.0 Å². The molecule has 6 heteroatoms. The number of anilines is 1. The summed E-state index contributed by atoms with van der Waals surface area (Å²) < 4.78 is 12.6. The third-order valence-electron chi connectivity index (χ3n) is 7.57. The number of nitrogens with zero attached hydrogens (tertiary/aromatic N) is 1. The van der Waals surface area contributed by atoms with Crippen molar-refractivity contribution in [1.29, 1.82) is 0 Å². The van der Waals surface area contributed by atoms with Crippen LogP contribution in [0.5, 0.6) is 11.5 Å². The maximum absolute atomic E-state index is 13.1. The molecular weight excluding hydrogens is 496 g/mol. The molecule has 1 spiro atoms. The van der Waals surface area contributed by atoms with Crippen LogP contribution in [0, 0.1) is 0 Å². The highest BCUT2D eigenvalue weighted by atomic mass is 35.5. The Morgan fingerprint density at radius 2 is 1.53 bits per heavy atom. The quantitative estimate of drug-likeness (QED) is 0.255. The first kappa shape index (κ1) is 24.5. The first-order chi connectivity index (χ1) is 18.5. The van der Waals surface area contributed by atoms with Crippen molar-refractivity contribution >= 4 is 23.3 Å². The van der Waals surface area contributed by atoms with Gasteiger partial charge in [0.25, 0.3) is 0 Å². The van der Waals surface area contributed by atoms with Crippen molar-refractivity contribution in [1.82, 2.24) is 4.90 Å². The number of hydrogen-bond acceptors (Lipinski definition) is 5. The van der Waals surface area contributed by atoms with Gasteiger partial charge in [-0.05, 0) is 55.1 Å². The molecule has 0 radical (unpaired) electrons. The number of rotatable bonds is 7. The minimum Gasteiger partial charge on any atom is -0.456 e. The van der Waals surface area contributed by atoms with E-state index in [9.17, 15) is 4.79 Å². The molecule has 2 unspecified atom stereocenters. The van der Waals surface area contributed by atoms with Crippen LogP contribution in [-0.2, 0) is 10.3 Å². The molecular formula is C32H29ClN2O3. The van der Waals surface area contributed by atoms with E-state index >= 15 is 0 Å². The van der Waals surface area contributed by atoms with Crippen LogP contribution in [0.25, 0.3) is 0 Å². The number of hydrogen-bond donors (Lipinski definition) is 1. The van der Waals surface area contributed by atoms with E-state index in [1.165, 1.54) is 0 Å². The van der Waals surface area contributed by atoms with Crippen LogP contribution in [0.15, 0.2) is 91.0 Å². The van der Waals surface area contributed by atoms with Crippen molar-refractivity contribution in [2.24, 2.45) is 0 Å². The predicted molar refractivity (Wildman–Crippen MR) is 150 cm³/mol. The molecule has 2 aliphatic rings. The van der Waals surface area contributed by atoms with Gasteiger partial charge in [-0.2, -0.15) is 0 Å². The highest BCUT2D eigenvalue weighted by Gasteiger charge is 2.53. The number of halogens is 1. The van der Waals surface area contributed by atoms with Gasteiger partial charge in [0.2, 0.25) is 0 Å². The maximum Gasteiger partial charge on any atom is 0.340 e. The smallest absolute Gasteiger partial charge is 0.340 e. The lowest BCUT2D eigenvalue weighted by atomic mass is 9.77. The van der Waals surface area contributed by atoms with Gasteiger partial charge in [0.15, 0.2) is 5.60 Å². The molecule has 2 atom stereocenters. The molecule has 38 heavy (non-hydrogen) atoms. The van der Waals surface area contributed by atoms with E-state index in [0.717, 1.165) is 52.6 Å². The van der Waals surface area contributed by atoms with Gasteiger partial charge in [-0.1, -0.05) is 80.0 Å². The first-order valence-corrected chi connectivity index (χ1v) is 13.4. The summed E-state index contributed by atoms with van der Waals surface area (Å²) in [6, 6.07) is 29.3. The molecule has 192 valence electrons. The summed E-state index contributed by atoms with van der Waals surface area (Å²) in [6.07, 6.45) is 0. The summed E-state index contributed by atoms with van der Waals surface area (Å²) in [6.45, 7) is 6.98. The van der Waals surface area contributed by atoms with Crippen molar-refractivity contribution in [2.75, 3.05) is 25.0 Å². The van der Waals surface area contributed by atoms with Crippen LogP contribution >= 0.6 is 11.6 Å². The zero-order valence-electron chi connectivity index (χ0n) is 21.4. The fourth-order valence-electron chi connectivity index (χ4n) is 5.63. The standard InChI is InChI=1S/C32H29ClN2O3/c1-3-35(4-2)20-28(23-12-6-9-15-27(23)33)34-21-17-18-30-26(19-21)32(25-14-8-10-16-29(25)37-30)24-13-7-5-11-22(24)31(36)38-32/h5-19,28,34H,3-4,20H2,1-2H3. The highest BCUT2D eigenvalue weighted by molar-refractivity contribution is 6.31. The fraction of sp³-hybridized carbons (Fsp3) is 0.219. The molecule has 4 aromatic rings. The molecule has 6 rings (SSSR count). The Kier molecular flexibility index (Phi) is 6.34. The summed E-state index contributed by atoms with van der Waals surface area (Å²) in [5, 5.41) is 4.45. The first-order valence-electron chi connectivity index (χ1n) is 13.0. The molecule has 0 aromatic heterocycles. The van der Waals surface area contributed by atoms with Gasteiger partial charge in [0.1, 0.15) is 11.5 Å². The van der Waals surface area contributed by atoms with Crippen LogP contribution in [0.4, 0.5) is 5.69 Å². The Hall–Kier alpha value is -3.80. The summed E-state index contributed by atoms with van der Waals surface area (Å²) in [4.78, 5) is 15.5. The number of para-hydroxylation sites is 1. The van der Waals surface area contributed by atoms with E-state index in [0.29, 0.717) is 17.1 Å². The molecule has 0 saturated carbocycles. The Labute approximate surface area is 228 Å². The maximum atomic E-state index is 13.1. The van der Waals surface area contributed by atoms with E-state index < -0.39 is 5.60 Å². The molecule has 0 fully saturated rings. The predicted octanol–water partition coefficient (Wildman–Crippen LogP) is 7.40. The lowest BCUT2D eigenvalue weighted by Crippen LogP contribution is -2.33. The topological polar surface area (TPSA) is 50.8 Å². The SMILES string of the molecule is CCN(CC)CC(Nc1ccc2c(c1)C1(OC(=O)c3ccccc31)c1ccccc1O2)c1ccccc1Cl. The van der Waals surface area contributed by atoms with Gasteiger partial charge in [-0.25, -0.2) is 4.79 Å². The molecule has 5 nitrogen and oxygen atoms in total. The monoisotopic (exact) mass is 524 g/mol. The Morgan fingerprint density at radius 1 is 0.842 bits per heavy atom. The van der Waals surface area contributed by atoms with Crippen LogP contribution in [0.3, 0.4) is 0 Å². The second-order valence-electron chi connectivity index (χ2n) is 9.63. The number of likely N-dealkylation sites (N-methyl/N-ethyl adjacent to an activating group) is 1. The second kappa shape index (κ2) is 9.82. The molecule has 0 saturated heterocycles. The Bertz CT molecular complexity index is 1520. The van der Waals surface area contributed by atoms with Gasteiger partial charge in [0, 0.05) is 33.9 Å². The van der Waals surface area contributed by atoms with Crippen molar-refractivity contribution in [3.05, 3.63) is 124 Å². The van der Waals surface area contributed by atoms with E-state index in [4.69, 9.17) is 21.1 Å². The van der Waals surface area contributed by atoms with E-state index in [1.54, 1.807) is 0 Å². The summed E-state index contributed by atoms with van der Waals surface area (Å²) in [5.41, 5.74) is 3.84. The minimum atomic E-state index is -1.09. The third kappa shape index (κ3) is 3.94. The minimum absolute atomic E-state index is 0.0483. The average molecular weight is 525 g/mol. The summed E-state index contributed by atoms with van der Waals surface area (Å²) in [5.74, 6) is 1.01. The lowest BCUT2D eigenvalue weighted by Gasteiger charge is -2.37. The number of esters is 1. The third-order valence-corrected chi connectivity index (χ3v) is 7.92. The summed E-state index contributed by atoms with van der Waals surface area (Å²) >= 11 is 6.66. The van der Waals surface area contributed by atoms with E-state index in [2.05, 4.69) is 30.1 Å². The number of carbonyl (C=O) groups excluding carboxylic acids is 1.